The van der Waals surface area contributed by atoms with Crippen LogP contribution < -0.4 is 5.73 Å². The van der Waals surface area contributed by atoms with Gasteiger partial charge in [-0.05, 0) is 106 Å². The number of benzene rings is 1. The molecule has 13 heteroatoms. The van der Waals surface area contributed by atoms with Crippen LogP contribution >= 0.6 is 0 Å². The number of piperidine rings is 2. The van der Waals surface area contributed by atoms with Gasteiger partial charge in [0, 0.05) is 61.8 Å². The number of nitrogens with zero attached hydrogens (tertiary/aromatic N) is 5. The van der Waals surface area contributed by atoms with Gasteiger partial charge in [-0.25, -0.2) is 8.91 Å². The first kappa shape index (κ1) is 33.2. The lowest BCUT2D eigenvalue weighted by atomic mass is 9.69. The fourth-order valence-electron chi connectivity index (χ4n) is 8.42. The second-order valence-electron chi connectivity index (χ2n) is 15.1. The maximum atomic E-state index is 15.3. The molecule has 0 radical (unpaired) electrons. The Labute approximate surface area is 287 Å². The smallest absolute Gasteiger partial charge is 0.380 e. The number of amides is 2. The van der Waals surface area contributed by atoms with Crippen molar-refractivity contribution in [1.29, 1.82) is 0 Å². The van der Waals surface area contributed by atoms with Crippen molar-refractivity contribution in [3.63, 3.8) is 0 Å². The number of aromatic nitrogens is 3. The van der Waals surface area contributed by atoms with Crippen LogP contribution in [-0.4, -0.2) is 84.9 Å². The summed E-state index contributed by atoms with van der Waals surface area (Å²) in [6, 6.07) is 8.87. The Bertz CT molecular complexity index is 1980. The van der Waals surface area contributed by atoms with Gasteiger partial charge >= 0.3 is 6.18 Å². The zero-order valence-electron chi connectivity index (χ0n) is 28.1. The second kappa shape index (κ2) is 12.1. The van der Waals surface area contributed by atoms with Crippen molar-refractivity contribution in [3.8, 4) is 11.4 Å². The zero-order valence-corrected chi connectivity index (χ0v) is 28.1. The highest BCUT2D eigenvalue weighted by Crippen LogP contribution is 2.49. The molecule has 8 rings (SSSR count). The van der Waals surface area contributed by atoms with Gasteiger partial charge in [-0.3, -0.25) is 9.59 Å². The minimum absolute atomic E-state index is 0.0231. The summed E-state index contributed by atoms with van der Waals surface area (Å²) in [5, 5.41) is 15.6. The number of rotatable bonds is 6. The van der Waals surface area contributed by atoms with Crippen LogP contribution in [0, 0.1) is 24.6 Å². The minimum Gasteiger partial charge on any atom is -0.380 e. The monoisotopic (exact) mass is 694 g/mol. The molecule has 0 bridgehead atoms. The molecule has 1 atom stereocenters. The molecule has 4 aromatic rings. The van der Waals surface area contributed by atoms with Crippen LogP contribution in [0.25, 0.3) is 27.8 Å². The van der Waals surface area contributed by atoms with E-state index in [1.165, 1.54) is 0 Å². The van der Waals surface area contributed by atoms with Crippen molar-refractivity contribution >= 4 is 28.2 Å². The molecule has 1 aromatic carbocycles. The van der Waals surface area contributed by atoms with E-state index in [1.807, 2.05) is 25.1 Å². The highest BCUT2D eigenvalue weighted by Gasteiger charge is 2.63. The Hall–Kier alpha value is -3.97. The summed E-state index contributed by atoms with van der Waals surface area (Å²) in [5.41, 5.74) is 9.17. The number of halogens is 4. The maximum absolute atomic E-state index is 15.3. The zero-order chi connectivity index (χ0) is 35.1. The molecule has 2 saturated heterocycles. The predicted molar refractivity (Wildman–Crippen MR) is 179 cm³/mol. The lowest BCUT2D eigenvalue weighted by Crippen LogP contribution is -2.59. The number of nitrogens with two attached hydrogens (primary N) is 1. The number of likely N-dealkylation sites (tertiary alicyclic amines) is 2. The summed E-state index contributed by atoms with van der Waals surface area (Å²) < 4.78 is 58.8. The van der Waals surface area contributed by atoms with E-state index in [0.717, 1.165) is 71.2 Å². The number of hydrogen-bond acceptors (Lipinski definition) is 5. The van der Waals surface area contributed by atoms with Gasteiger partial charge in [0.15, 0.2) is 5.60 Å². The number of hydrogen-bond donors (Lipinski definition) is 2. The first-order valence-corrected chi connectivity index (χ1v) is 17.7. The number of fused-ring (bicyclic) bond motifs is 2. The van der Waals surface area contributed by atoms with E-state index in [4.69, 9.17) is 10.8 Å². The highest BCUT2D eigenvalue weighted by molar-refractivity contribution is 5.95. The fraction of sp³-hybridized carbons (Fsp3) is 0.541. The average molecular weight is 695 g/mol. The van der Waals surface area contributed by atoms with Gasteiger partial charge in [0.05, 0.1) is 22.3 Å². The Morgan fingerprint density at radius 2 is 1.76 bits per heavy atom. The van der Waals surface area contributed by atoms with Crippen molar-refractivity contribution in [2.75, 3.05) is 26.2 Å². The molecule has 266 valence electrons. The minimum atomic E-state index is -4.75. The molecule has 4 fully saturated rings. The molecule has 3 aromatic heterocycles. The van der Waals surface area contributed by atoms with Crippen LogP contribution in [0.3, 0.4) is 0 Å². The van der Waals surface area contributed by atoms with E-state index in [-0.39, 0.29) is 29.6 Å². The lowest BCUT2D eigenvalue weighted by Gasteiger charge is -2.45. The van der Waals surface area contributed by atoms with Crippen LogP contribution in [-0.2, 0) is 11.3 Å². The number of alkyl halides is 3. The van der Waals surface area contributed by atoms with Crippen molar-refractivity contribution < 1.29 is 32.3 Å². The number of carbonyl (C=O) groups excluding carboxylic acids is 2. The van der Waals surface area contributed by atoms with E-state index in [9.17, 15) is 27.9 Å². The molecule has 9 nitrogen and oxygen atoms in total. The summed E-state index contributed by atoms with van der Waals surface area (Å²) >= 11 is 0. The van der Waals surface area contributed by atoms with Crippen LogP contribution in [0.5, 0.6) is 0 Å². The van der Waals surface area contributed by atoms with Crippen molar-refractivity contribution in [3.05, 3.63) is 59.0 Å². The van der Waals surface area contributed by atoms with Crippen LogP contribution in [0.4, 0.5) is 17.6 Å². The molecule has 3 N–H and O–H groups in total. The van der Waals surface area contributed by atoms with Crippen molar-refractivity contribution in [2.45, 2.75) is 88.6 Å². The van der Waals surface area contributed by atoms with Crippen LogP contribution in [0.2, 0.25) is 0 Å². The summed E-state index contributed by atoms with van der Waals surface area (Å²) in [6.45, 7) is 4.68. The summed E-state index contributed by atoms with van der Waals surface area (Å²) in [6.07, 6.45) is 0.914. The molecule has 50 heavy (non-hydrogen) atoms. The van der Waals surface area contributed by atoms with E-state index in [1.54, 1.807) is 32.6 Å². The lowest BCUT2D eigenvalue weighted by molar-refractivity contribution is -0.296. The molecule has 2 saturated carbocycles. The fourth-order valence-corrected chi connectivity index (χ4v) is 8.42. The maximum Gasteiger partial charge on any atom is 0.417 e. The molecule has 0 spiro atoms. The predicted octanol–water partition coefficient (Wildman–Crippen LogP) is 5.79. The van der Waals surface area contributed by atoms with Gasteiger partial charge in [0.2, 0.25) is 5.91 Å². The summed E-state index contributed by atoms with van der Waals surface area (Å²) in [5.74, 6) is -1.17. The SMILES string of the molecule is Cc1c(-c2cc3cc(F)cc(C4CCN(C(=O)C5CC(O)(C(F)(F)F)C5)CC4)c3n2CC2CC2)nn2cc(C(=O)N3CCC[C@@H](N)C3)ccc12. The third-order valence-electron chi connectivity index (χ3n) is 11.5. The third kappa shape index (κ3) is 5.75. The largest absolute Gasteiger partial charge is 0.417 e. The standard InChI is InChI=1S/C37H42F4N6O3/c1-21-30-7-6-24(34(48)45-10-2-3-28(42)20-45)19-47(30)43-32(21)31-14-25-13-27(38)15-29(33(25)46(31)18-22-4-5-22)23-8-11-44(12-9-23)35(49)26-16-36(50,17-26)37(39,40)41/h6-7,13-15,19,22-23,26,28,50H,2-5,8-12,16-18,20,42H2,1H3/t26?,28-,36?/m1/s1. The molecular formula is C37H42F4N6O3. The number of carbonyl (C=O) groups is 2. The number of aliphatic hydroxyl groups is 1. The van der Waals surface area contributed by atoms with Crippen LogP contribution in [0.15, 0.2) is 36.5 Å². The number of pyridine rings is 1. The second-order valence-corrected chi connectivity index (χ2v) is 15.1. The van der Waals surface area contributed by atoms with Gasteiger partial charge < -0.3 is 25.2 Å². The van der Waals surface area contributed by atoms with E-state index in [2.05, 4.69) is 4.57 Å². The van der Waals surface area contributed by atoms with Gasteiger partial charge in [0.25, 0.3) is 5.91 Å². The Kier molecular flexibility index (Phi) is 8.01. The Morgan fingerprint density at radius 1 is 1.02 bits per heavy atom. The van der Waals surface area contributed by atoms with E-state index < -0.39 is 30.5 Å². The van der Waals surface area contributed by atoms with Gasteiger partial charge in [-0.2, -0.15) is 18.3 Å². The highest BCUT2D eigenvalue weighted by atomic mass is 19.4. The van der Waals surface area contributed by atoms with E-state index in [0.29, 0.717) is 50.5 Å². The first-order valence-electron chi connectivity index (χ1n) is 17.7. The van der Waals surface area contributed by atoms with E-state index >= 15 is 4.39 Å². The van der Waals surface area contributed by atoms with Crippen molar-refractivity contribution in [1.82, 2.24) is 24.0 Å². The molecule has 2 aliphatic carbocycles. The normalized spacial score (nSPS) is 25.0. The van der Waals surface area contributed by atoms with Crippen molar-refractivity contribution in [2.24, 2.45) is 17.6 Å². The Morgan fingerprint density at radius 3 is 2.44 bits per heavy atom. The van der Waals surface area contributed by atoms with Crippen LogP contribution in [0.1, 0.15) is 78.8 Å². The summed E-state index contributed by atoms with van der Waals surface area (Å²) in [7, 11) is 0. The topological polar surface area (TPSA) is 109 Å². The summed E-state index contributed by atoms with van der Waals surface area (Å²) in [4.78, 5) is 29.8. The van der Waals surface area contributed by atoms with Gasteiger partial charge in [-0.15, -0.1) is 0 Å². The molecular weight excluding hydrogens is 652 g/mol. The van der Waals surface area contributed by atoms with Gasteiger partial charge in [0.1, 0.15) is 11.5 Å². The molecule has 5 heterocycles. The molecule has 2 amide bonds. The van der Waals surface area contributed by atoms with Gasteiger partial charge in [-0.1, -0.05) is 0 Å². The average Bonchev–Trinajstić information content (AvgIpc) is 3.74. The number of aryl methyl sites for hydroxylation is 1. The molecule has 2 aliphatic heterocycles. The molecule has 0 unspecified atom stereocenters. The molecule has 4 aliphatic rings. The first-order chi connectivity index (χ1) is 23.8. The Balaban J connectivity index is 1.09. The third-order valence-corrected chi connectivity index (χ3v) is 11.5. The quantitative estimate of drug-likeness (QED) is 0.249.